The molecule has 0 radical (unpaired) electrons. The molecule has 0 saturated carbocycles. The maximum atomic E-state index is 12.0. The Morgan fingerprint density at radius 1 is 1.30 bits per heavy atom. The lowest BCUT2D eigenvalue weighted by atomic mass is 10.2. The van der Waals surface area contributed by atoms with E-state index in [1.165, 1.54) is 0 Å². The average molecular weight is 158 g/mol. The lowest BCUT2D eigenvalue weighted by Gasteiger charge is -2.05. The van der Waals surface area contributed by atoms with Crippen LogP contribution in [0.15, 0.2) is 0 Å². The summed E-state index contributed by atoms with van der Waals surface area (Å²) in [4.78, 5) is 9.96. The number of halogens is 4. The highest BCUT2D eigenvalue weighted by Gasteiger charge is 2.27. The van der Waals surface area contributed by atoms with Crippen LogP contribution < -0.4 is 0 Å². The fraction of sp³-hybridized carbons (Fsp3) is 0.800. The van der Waals surface area contributed by atoms with Crippen LogP contribution in [-0.2, 0) is 4.79 Å². The van der Waals surface area contributed by atoms with Gasteiger partial charge in [-0.1, -0.05) is 0 Å². The molecule has 10 heavy (non-hydrogen) atoms. The molecule has 0 aliphatic heterocycles. The highest BCUT2D eigenvalue weighted by atomic mass is 19.2. The molecule has 0 aliphatic carbocycles. The van der Waals surface area contributed by atoms with E-state index in [-0.39, 0.29) is 0 Å². The van der Waals surface area contributed by atoms with E-state index in [4.69, 9.17) is 0 Å². The van der Waals surface area contributed by atoms with Gasteiger partial charge in [-0.15, -0.1) is 0 Å². The van der Waals surface area contributed by atoms with Crippen molar-refractivity contribution in [3.63, 3.8) is 0 Å². The number of hydrogen-bond acceptors (Lipinski definition) is 1. The molecule has 2 unspecified atom stereocenters. The molecule has 0 bridgehead atoms. The van der Waals surface area contributed by atoms with E-state index in [0.29, 0.717) is 0 Å². The largest absolute Gasteiger partial charge is 0.293 e. The van der Waals surface area contributed by atoms with Crippen LogP contribution in [0.1, 0.15) is 0 Å². The SMILES string of the molecule is O=C(CF)C(F)C(F)CF. The van der Waals surface area contributed by atoms with Crippen LogP contribution in [0.5, 0.6) is 0 Å². The minimum Gasteiger partial charge on any atom is -0.293 e. The molecular formula is C5H6F4O. The van der Waals surface area contributed by atoms with E-state index in [2.05, 4.69) is 0 Å². The number of carbonyl (C=O) groups is 1. The summed E-state index contributed by atoms with van der Waals surface area (Å²) < 4.78 is 46.3. The zero-order valence-corrected chi connectivity index (χ0v) is 4.99. The smallest absolute Gasteiger partial charge is 0.200 e. The number of alkyl halides is 4. The molecule has 60 valence electrons. The molecule has 5 heteroatoms. The van der Waals surface area contributed by atoms with E-state index in [9.17, 15) is 22.4 Å². The average Bonchev–Trinajstić information content (AvgIpc) is 2.00. The number of ketones is 1. The van der Waals surface area contributed by atoms with Crippen molar-refractivity contribution in [3.8, 4) is 0 Å². The first kappa shape index (κ1) is 9.39. The second-order valence-corrected chi connectivity index (χ2v) is 1.67. The third-order valence-corrected chi connectivity index (χ3v) is 0.904. The molecule has 0 aromatic heterocycles. The Morgan fingerprint density at radius 3 is 2.10 bits per heavy atom. The second-order valence-electron chi connectivity index (χ2n) is 1.67. The van der Waals surface area contributed by atoms with Gasteiger partial charge in [-0.05, 0) is 0 Å². The zero-order valence-electron chi connectivity index (χ0n) is 4.99. The predicted molar refractivity (Wildman–Crippen MR) is 26.7 cm³/mol. The van der Waals surface area contributed by atoms with Crippen molar-refractivity contribution in [2.24, 2.45) is 0 Å². The standard InChI is InChI=1S/C5H6F4O/c6-1-3(8)5(9)4(10)2-7/h3,5H,1-2H2. The van der Waals surface area contributed by atoms with Crippen molar-refractivity contribution in [2.75, 3.05) is 13.3 Å². The summed E-state index contributed by atoms with van der Waals surface area (Å²) in [6.07, 6.45) is -5.18. The van der Waals surface area contributed by atoms with Crippen LogP contribution in [0.2, 0.25) is 0 Å². The van der Waals surface area contributed by atoms with E-state index in [1.54, 1.807) is 0 Å². The fourth-order valence-corrected chi connectivity index (χ4v) is 0.354. The predicted octanol–water partition coefficient (Wildman–Crippen LogP) is 1.17. The molecule has 0 N–H and O–H groups in total. The summed E-state index contributed by atoms with van der Waals surface area (Å²) in [6.45, 7) is -3.20. The van der Waals surface area contributed by atoms with Gasteiger partial charge in [0.25, 0.3) is 0 Å². The van der Waals surface area contributed by atoms with E-state index in [0.717, 1.165) is 0 Å². The van der Waals surface area contributed by atoms with Gasteiger partial charge in [-0.25, -0.2) is 17.6 Å². The Hall–Kier alpha value is -0.610. The molecule has 1 nitrogen and oxygen atoms in total. The van der Waals surface area contributed by atoms with Crippen LogP contribution in [0, 0.1) is 0 Å². The first-order valence-corrected chi connectivity index (χ1v) is 2.56. The van der Waals surface area contributed by atoms with Gasteiger partial charge >= 0.3 is 0 Å². The Kier molecular flexibility index (Phi) is 3.99. The fourth-order valence-electron chi connectivity index (χ4n) is 0.354. The third kappa shape index (κ3) is 2.33. The summed E-state index contributed by atoms with van der Waals surface area (Å²) >= 11 is 0. The molecule has 0 spiro atoms. The zero-order chi connectivity index (χ0) is 8.15. The summed E-state index contributed by atoms with van der Waals surface area (Å²) in [6, 6.07) is 0. The van der Waals surface area contributed by atoms with Crippen LogP contribution in [-0.4, -0.2) is 31.5 Å². The minimum absolute atomic E-state index is 1.55. The van der Waals surface area contributed by atoms with Gasteiger partial charge in [0.05, 0.1) is 0 Å². The molecule has 0 saturated heterocycles. The lowest BCUT2D eigenvalue weighted by molar-refractivity contribution is -0.127. The monoisotopic (exact) mass is 158 g/mol. The molecule has 0 amide bonds. The van der Waals surface area contributed by atoms with Crippen LogP contribution >= 0.6 is 0 Å². The third-order valence-electron chi connectivity index (χ3n) is 0.904. The van der Waals surface area contributed by atoms with E-state index < -0.39 is 31.5 Å². The van der Waals surface area contributed by atoms with Gasteiger partial charge < -0.3 is 0 Å². The van der Waals surface area contributed by atoms with Crippen molar-refractivity contribution in [3.05, 3.63) is 0 Å². The number of Topliss-reactive ketones (excluding diaryl/α,β-unsaturated/α-hetero) is 1. The lowest BCUT2D eigenvalue weighted by Crippen LogP contribution is -2.29. The summed E-state index contributed by atoms with van der Waals surface area (Å²) in [5.41, 5.74) is 0. The highest BCUT2D eigenvalue weighted by molar-refractivity contribution is 5.84. The maximum Gasteiger partial charge on any atom is 0.200 e. The normalized spacial score (nSPS) is 16.4. The Morgan fingerprint density at radius 2 is 1.80 bits per heavy atom. The number of carbonyl (C=O) groups excluding carboxylic acids is 1. The van der Waals surface area contributed by atoms with Crippen molar-refractivity contribution >= 4 is 5.78 Å². The summed E-state index contributed by atoms with van der Waals surface area (Å²) in [5.74, 6) is -1.55. The van der Waals surface area contributed by atoms with Gasteiger partial charge in [0, 0.05) is 0 Å². The molecule has 0 aromatic carbocycles. The Labute approximate surface area is 55.0 Å². The van der Waals surface area contributed by atoms with Gasteiger partial charge in [0.15, 0.2) is 19.0 Å². The van der Waals surface area contributed by atoms with Gasteiger partial charge in [0.1, 0.15) is 6.67 Å². The summed E-state index contributed by atoms with van der Waals surface area (Å²) in [5, 5.41) is 0. The number of hydrogen-bond donors (Lipinski definition) is 0. The van der Waals surface area contributed by atoms with Crippen molar-refractivity contribution in [2.45, 2.75) is 12.3 Å². The van der Waals surface area contributed by atoms with Crippen molar-refractivity contribution in [1.29, 1.82) is 0 Å². The molecule has 0 heterocycles. The van der Waals surface area contributed by atoms with E-state index >= 15 is 0 Å². The molecular weight excluding hydrogens is 152 g/mol. The molecule has 2 atom stereocenters. The van der Waals surface area contributed by atoms with Crippen molar-refractivity contribution in [1.82, 2.24) is 0 Å². The Balaban J connectivity index is 3.81. The van der Waals surface area contributed by atoms with Crippen LogP contribution in [0.3, 0.4) is 0 Å². The minimum atomic E-state index is -2.66. The Bertz CT molecular complexity index is 116. The highest BCUT2D eigenvalue weighted by Crippen LogP contribution is 2.05. The quantitative estimate of drug-likeness (QED) is 0.561. The molecule has 0 aromatic rings. The van der Waals surface area contributed by atoms with E-state index in [1.807, 2.05) is 0 Å². The summed E-state index contributed by atoms with van der Waals surface area (Å²) in [7, 11) is 0. The van der Waals surface area contributed by atoms with Gasteiger partial charge in [-0.2, -0.15) is 0 Å². The van der Waals surface area contributed by atoms with Crippen LogP contribution in [0.25, 0.3) is 0 Å². The van der Waals surface area contributed by atoms with Gasteiger partial charge in [-0.3, -0.25) is 4.79 Å². The second kappa shape index (κ2) is 4.24. The van der Waals surface area contributed by atoms with Crippen LogP contribution in [0.4, 0.5) is 17.6 Å². The first-order chi connectivity index (χ1) is 4.63. The number of rotatable bonds is 4. The molecule has 0 aliphatic rings. The van der Waals surface area contributed by atoms with Gasteiger partial charge in [0.2, 0.25) is 5.78 Å². The molecule has 0 fully saturated rings. The molecule has 0 rings (SSSR count). The van der Waals surface area contributed by atoms with Crippen molar-refractivity contribution < 1.29 is 22.4 Å². The topological polar surface area (TPSA) is 17.1 Å². The maximum absolute atomic E-state index is 12.0. The first-order valence-electron chi connectivity index (χ1n) is 2.56.